The maximum atomic E-state index is 13.7. The van der Waals surface area contributed by atoms with Gasteiger partial charge >= 0.3 is 0 Å². The summed E-state index contributed by atoms with van der Waals surface area (Å²) in [5, 5.41) is 0. The van der Waals surface area contributed by atoms with E-state index in [0.29, 0.717) is 12.3 Å². The van der Waals surface area contributed by atoms with Gasteiger partial charge in [-0.15, -0.1) is 0 Å². The van der Waals surface area contributed by atoms with Gasteiger partial charge < -0.3 is 0 Å². The van der Waals surface area contributed by atoms with Crippen LogP contribution in [0.25, 0.3) is 11.1 Å². The van der Waals surface area contributed by atoms with Crippen LogP contribution in [0.4, 0.5) is 0 Å². The van der Waals surface area contributed by atoms with Gasteiger partial charge in [-0.1, -0.05) is 96.7 Å². The second-order valence-corrected chi connectivity index (χ2v) is 12.1. The van der Waals surface area contributed by atoms with Crippen molar-refractivity contribution in [2.75, 3.05) is 0 Å². The van der Waals surface area contributed by atoms with E-state index in [4.69, 9.17) is 0 Å². The van der Waals surface area contributed by atoms with Crippen LogP contribution in [0.15, 0.2) is 30.3 Å². The summed E-state index contributed by atoms with van der Waals surface area (Å²) in [6, 6.07) is 10.8. The Balaban J connectivity index is 0.00000170. The molecule has 3 nitrogen and oxygen atoms in total. The highest BCUT2D eigenvalue weighted by Gasteiger charge is 2.34. The molecule has 0 aromatic heterocycles. The molecule has 0 saturated carbocycles. The van der Waals surface area contributed by atoms with Crippen LogP contribution in [-0.2, 0) is 16.0 Å². The van der Waals surface area contributed by atoms with Crippen LogP contribution < -0.4 is 0 Å². The van der Waals surface area contributed by atoms with Crippen LogP contribution in [0.2, 0.25) is 0 Å². The lowest BCUT2D eigenvalue weighted by atomic mass is 9.70. The molecule has 0 N–H and O–H groups in total. The topological polar surface area (TPSA) is 51.2 Å². The first kappa shape index (κ1) is 32.7. The molecule has 0 radical (unpaired) electrons. The molecule has 0 heterocycles. The van der Waals surface area contributed by atoms with Crippen molar-refractivity contribution in [2.45, 2.75) is 120 Å². The fourth-order valence-electron chi connectivity index (χ4n) is 6.46. The molecule has 1 aliphatic carbocycles. The van der Waals surface area contributed by atoms with E-state index >= 15 is 0 Å². The summed E-state index contributed by atoms with van der Waals surface area (Å²) in [4.78, 5) is 38.2. The van der Waals surface area contributed by atoms with Gasteiger partial charge in [-0.05, 0) is 85.6 Å². The Morgan fingerprint density at radius 3 is 2.21 bits per heavy atom. The SMILES string of the molecule is CCC.CCCC(CC1CC(=O)c2c(C)c(-c3cccc(C)c3)cc(C(C)C)c2C1)C(CC)C(=O)CC(C)=O. The van der Waals surface area contributed by atoms with Gasteiger partial charge in [-0.2, -0.15) is 0 Å². The van der Waals surface area contributed by atoms with E-state index in [-0.39, 0.29) is 41.5 Å². The Hall–Kier alpha value is -2.55. The summed E-state index contributed by atoms with van der Waals surface area (Å²) in [6.45, 7) is 18.6. The summed E-state index contributed by atoms with van der Waals surface area (Å²) in [5.74, 6) is 0.948. The van der Waals surface area contributed by atoms with Crippen molar-refractivity contribution in [1.29, 1.82) is 0 Å². The lowest BCUT2D eigenvalue weighted by molar-refractivity contribution is -0.129. The zero-order valence-corrected chi connectivity index (χ0v) is 26.1. The first-order valence-corrected chi connectivity index (χ1v) is 15.3. The van der Waals surface area contributed by atoms with Gasteiger partial charge in [0.15, 0.2) is 5.78 Å². The van der Waals surface area contributed by atoms with Gasteiger partial charge in [0.25, 0.3) is 0 Å². The molecule has 39 heavy (non-hydrogen) atoms. The minimum Gasteiger partial charge on any atom is -0.300 e. The zero-order chi connectivity index (χ0) is 29.3. The molecule has 2 aromatic rings. The van der Waals surface area contributed by atoms with Gasteiger partial charge in [-0.25, -0.2) is 0 Å². The van der Waals surface area contributed by atoms with Gasteiger partial charge in [0, 0.05) is 17.9 Å². The normalized spacial score (nSPS) is 16.3. The van der Waals surface area contributed by atoms with E-state index in [1.807, 2.05) is 0 Å². The van der Waals surface area contributed by atoms with Gasteiger partial charge in [-0.3, -0.25) is 14.4 Å². The number of hydrogen-bond acceptors (Lipinski definition) is 3. The third kappa shape index (κ3) is 8.47. The smallest absolute Gasteiger partial charge is 0.163 e. The molecule has 0 fully saturated rings. The Labute approximate surface area is 238 Å². The third-order valence-corrected chi connectivity index (χ3v) is 8.07. The second kappa shape index (κ2) is 15.3. The lowest BCUT2D eigenvalue weighted by Gasteiger charge is -2.33. The highest BCUT2D eigenvalue weighted by Crippen LogP contribution is 2.42. The third-order valence-electron chi connectivity index (χ3n) is 8.07. The lowest BCUT2D eigenvalue weighted by Crippen LogP contribution is -2.30. The maximum absolute atomic E-state index is 13.7. The van der Waals surface area contributed by atoms with Crippen LogP contribution >= 0.6 is 0 Å². The average molecular weight is 533 g/mol. The average Bonchev–Trinajstić information content (AvgIpc) is 2.84. The summed E-state index contributed by atoms with van der Waals surface area (Å²) in [6.07, 6.45) is 6.30. The van der Waals surface area contributed by atoms with E-state index in [1.54, 1.807) is 0 Å². The van der Waals surface area contributed by atoms with Crippen LogP contribution in [0.3, 0.4) is 0 Å². The number of carbonyl (C=O) groups is 3. The molecule has 3 atom stereocenters. The molecule has 0 aliphatic heterocycles. The van der Waals surface area contributed by atoms with Crippen molar-refractivity contribution in [3.63, 3.8) is 0 Å². The Kier molecular flexibility index (Phi) is 12.8. The van der Waals surface area contributed by atoms with Crippen LogP contribution in [0.5, 0.6) is 0 Å². The molecular formula is C36H52O3. The van der Waals surface area contributed by atoms with Gasteiger partial charge in [0.2, 0.25) is 0 Å². The Morgan fingerprint density at radius 2 is 1.67 bits per heavy atom. The number of hydrogen-bond donors (Lipinski definition) is 0. The minimum atomic E-state index is -0.0969. The first-order valence-electron chi connectivity index (χ1n) is 15.3. The van der Waals surface area contributed by atoms with E-state index in [1.165, 1.54) is 35.6 Å². The molecule has 0 amide bonds. The predicted octanol–water partition coefficient (Wildman–Crippen LogP) is 9.64. The van der Waals surface area contributed by atoms with E-state index in [9.17, 15) is 14.4 Å². The maximum Gasteiger partial charge on any atom is 0.163 e. The molecule has 3 heteroatoms. The van der Waals surface area contributed by atoms with Crippen molar-refractivity contribution < 1.29 is 14.4 Å². The predicted molar refractivity (Wildman–Crippen MR) is 165 cm³/mol. The number of Topliss-reactive ketones (excluding diaryl/α,β-unsaturated/α-hetero) is 3. The molecule has 3 unspecified atom stereocenters. The molecule has 0 bridgehead atoms. The van der Waals surface area contributed by atoms with Crippen molar-refractivity contribution in [2.24, 2.45) is 17.8 Å². The minimum absolute atomic E-state index is 0.0313. The standard InChI is InChI=1S/C33H44O3.C3H8/c1-8-11-25(27(9-2)31(35)15-22(6)34)16-24-17-30-28(20(3)4)19-29(23(7)33(30)32(36)18-24)26-13-10-12-21(5)14-26;1-3-2/h10,12-14,19-20,24-25,27H,8-9,11,15-18H2,1-7H3;3H2,1-2H3. The summed E-state index contributed by atoms with van der Waals surface area (Å²) in [5.41, 5.74) is 8.07. The fourth-order valence-corrected chi connectivity index (χ4v) is 6.46. The molecule has 2 aromatic carbocycles. The Bertz CT molecular complexity index is 1140. The molecule has 1 aliphatic rings. The van der Waals surface area contributed by atoms with Gasteiger partial charge in [0.1, 0.15) is 11.6 Å². The molecule has 0 saturated heterocycles. The fraction of sp³-hybridized carbons (Fsp3) is 0.583. The number of fused-ring (bicyclic) bond motifs is 1. The van der Waals surface area contributed by atoms with Crippen LogP contribution in [-0.4, -0.2) is 17.3 Å². The highest BCUT2D eigenvalue weighted by atomic mass is 16.1. The Morgan fingerprint density at radius 1 is 1.00 bits per heavy atom. The quantitative estimate of drug-likeness (QED) is 0.271. The summed E-state index contributed by atoms with van der Waals surface area (Å²) in [7, 11) is 0. The van der Waals surface area contributed by atoms with E-state index in [2.05, 4.69) is 85.7 Å². The van der Waals surface area contributed by atoms with Crippen molar-refractivity contribution >= 4 is 17.3 Å². The highest BCUT2D eigenvalue weighted by molar-refractivity contribution is 6.02. The number of carbonyl (C=O) groups excluding carboxylic acids is 3. The first-order chi connectivity index (χ1) is 18.5. The van der Waals surface area contributed by atoms with E-state index in [0.717, 1.165) is 48.8 Å². The molecule has 0 spiro atoms. The largest absolute Gasteiger partial charge is 0.300 e. The monoisotopic (exact) mass is 532 g/mol. The number of ketones is 3. The summed E-state index contributed by atoms with van der Waals surface area (Å²) >= 11 is 0. The van der Waals surface area contributed by atoms with Crippen molar-refractivity contribution in [3.05, 3.63) is 58.1 Å². The van der Waals surface area contributed by atoms with Crippen LogP contribution in [0.1, 0.15) is 132 Å². The van der Waals surface area contributed by atoms with Crippen molar-refractivity contribution in [3.8, 4) is 11.1 Å². The van der Waals surface area contributed by atoms with Gasteiger partial charge in [0.05, 0.1) is 6.42 Å². The second-order valence-electron chi connectivity index (χ2n) is 12.1. The van der Waals surface area contributed by atoms with Crippen LogP contribution in [0, 0.1) is 31.6 Å². The molecule has 3 rings (SSSR count). The number of aryl methyl sites for hydroxylation is 1. The number of benzene rings is 2. The van der Waals surface area contributed by atoms with E-state index < -0.39 is 0 Å². The zero-order valence-electron chi connectivity index (χ0n) is 26.1. The molecular weight excluding hydrogens is 480 g/mol. The number of rotatable bonds is 11. The summed E-state index contributed by atoms with van der Waals surface area (Å²) < 4.78 is 0. The molecule has 214 valence electrons. The van der Waals surface area contributed by atoms with Crippen molar-refractivity contribution in [1.82, 2.24) is 0 Å².